The van der Waals surface area contributed by atoms with E-state index in [1.807, 2.05) is 0 Å². The third-order valence-electron chi connectivity index (χ3n) is 1.47. The Morgan fingerprint density at radius 3 is 1.61 bits per heavy atom. The zero-order valence-corrected chi connectivity index (χ0v) is 12.6. The van der Waals surface area contributed by atoms with Crippen LogP contribution in [0.4, 0.5) is 0 Å². The number of nitrogens with zero attached hydrogens (tertiary/aromatic N) is 3. The second-order valence-corrected chi connectivity index (χ2v) is 4.96. The maximum atomic E-state index is 9.96. The summed E-state index contributed by atoms with van der Waals surface area (Å²) in [7, 11) is 3.54. The van der Waals surface area contributed by atoms with Gasteiger partial charge in [0.05, 0.1) is 14.8 Å². The van der Waals surface area contributed by atoms with Gasteiger partial charge < -0.3 is 4.90 Å². The number of nitro groups is 2. The minimum absolute atomic E-state index is 0.453. The van der Waals surface area contributed by atoms with Crippen LogP contribution in [0, 0.1) is 20.2 Å². The third-order valence-corrected chi connectivity index (χ3v) is 3.11. The summed E-state index contributed by atoms with van der Waals surface area (Å²) in [5.41, 5.74) is 0. The van der Waals surface area contributed by atoms with Crippen molar-refractivity contribution < 1.29 is 9.85 Å². The first-order chi connectivity index (χ1) is 8.24. The first-order valence-corrected chi connectivity index (χ1v) is 7.12. The molecule has 0 aromatic carbocycles. The van der Waals surface area contributed by atoms with Crippen molar-refractivity contribution in [2.45, 2.75) is 6.92 Å². The lowest BCUT2D eigenvalue weighted by Gasteiger charge is -2.10. The number of rotatable bonds is 5. The number of hydrogen-bond acceptors (Lipinski definition) is 7. The topological polar surface area (TPSA) is 89.5 Å². The van der Waals surface area contributed by atoms with Crippen molar-refractivity contribution in [1.29, 1.82) is 0 Å². The summed E-state index contributed by atoms with van der Waals surface area (Å²) in [5, 5.41) is 20.3. The molecule has 0 amide bonds. The maximum absolute atomic E-state index is 9.96. The SMILES string of the molecule is CS/C(=C\[N+](=O)[O-])N(C)C.CS/C(C)=C\[N+](=O)[O-]. The van der Waals surface area contributed by atoms with Crippen LogP contribution in [0.1, 0.15) is 6.92 Å². The molecule has 0 unspecified atom stereocenters. The van der Waals surface area contributed by atoms with E-state index in [1.165, 1.54) is 23.5 Å². The van der Waals surface area contributed by atoms with Crippen LogP contribution in [0.5, 0.6) is 0 Å². The van der Waals surface area contributed by atoms with Gasteiger partial charge in [-0.25, -0.2) is 0 Å². The van der Waals surface area contributed by atoms with E-state index < -0.39 is 9.85 Å². The standard InChI is InChI=1S/C5H10N2O2S.C4H7NO2S/c1-6(2)5(10-3)4-7(8)9;1-4(8-2)3-5(6)7/h4H,1-3H3;3H,1-2H3/b5-4-;4-3-. The van der Waals surface area contributed by atoms with E-state index in [4.69, 9.17) is 0 Å². The Hall–Kier alpha value is -1.22. The minimum atomic E-state index is -0.453. The van der Waals surface area contributed by atoms with E-state index in [1.54, 1.807) is 38.4 Å². The Labute approximate surface area is 115 Å². The van der Waals surface area contributed by atoms with E-state index in [-0.39, 0.29) is 0 Å². The van der Waals surface area contributed by atoms with Crippen molar-refractivity contribution in [1.82, 2.24) is 4.90 Å². The number of hydrogen-bond donors (Lipinski definition) is 0. The van der Waals surface area contributed by atoms with Gasteiger partial charge in [0.25, 0.3) is 6.20 Å². The van der Waals surface area contributed by atoms with Crippen LogP contribution in [0.2, 0.25) is 0 Å². The molecule has 0 N–H and O–H groups in total. The van der Waals surface area contributed by atoms with Crippen molar-refractivity contribution in [3.63, 3.8) is 0 Å². The van der Waals surface area contributed by atoms with Gasteiger partial charge in [-0.3, -0.25) is 20.2 Å². The van der Waals surface area contributed by atoms with Gasteiger partial charge in [0, 0.05) is 14.1 Å². The molecule has 0 heterocycles. The molecule has 0 radical (unpaired) electrons. The Balaban J connectivity index is 0. The molecule has 7 nitrogen and oxygen atoms in total. The van der Waals surface area contributed by atoms with Gasteiger partial charge >= 0.3 is 0 Å². The molecule has 0 saturated heterocycles. The Morgan fingerprint density at radius 1 is 1.06 bits per heavy atom. The molecule has 0 aliphatic rings. The molecule has 0 aromatic heterocycles. The van der Waals surface area contributed by atoms with Crippen LogP contribution in [-0.2, 0) is 0 Å². The fraction of sp³-hybridized carbons (Fsp3) is 0.556. The third kappa shape index (κ3) is 12.8. The van der Waals surface area contributed by atoms with Gasteiger partial charge in [-0.1, -0.05) is 0 Å². The Kier molecular flexibility index (Phi) is 11.6. The average Bonchev–Trinajstić information content (AvgIpc) is 2.25. The fourth-order valence-electron chi connectivity index (χ4n) is 0.642. The van der Waals surface area contributed by atoms with Crippen LogP contribution < -0.4 is 0 Å². The Bertz CT molecular complexity index is 343. The van der Waals surface area contributed by atoms with Gasteiger partial charge in [-0.15, -0.1) is 23.5 Å². The number of allylic oxidation sites excluding steroid dienone is 1. The molecule has 0 aliphatic carbocycles. The highest BCUT2D eigenvalue weighted by Gasteiger charge is 2.01. The van der Waals surface area contributed by atoms with Crippen LogP contribution in [0.15, 0.2) is 22.3 Å². The molecule has 0 aliphatic heterocycles. The largest absolute Gasteiger partial charge is 0.367 e. The van der Waals surface area contributed by atoms with Crippen LogP contribution in [-0.4, -0.2) is 41.4 Å². The maximum Gasteiger partial charge on any atom is 0.264 e. The average molecular weight is 295 g/mol. The molecule has 0 atom stereocenters. The summed E-state index contributed by atoms with van der Waals surface area (Å²) >= 11 is 2.72. The molecule has 0 aromatic rings. The zero-order chi connectivity index (χ0) is 14.7. The lowest BCUT2D eigenvalue weighted by molar-refractivity contribution is -0.403. The quantitative estimate of drug-likeness (QED) is 0.568. The highest BCUT2D eigenvalue weighted by Crippen LogP contribution is 2.12. The molecule has 104 valence electrons. The van der Waals surface area contributed by atoms with E-state index in [0.29, 0.717) is 5.03 Å². The van der Waals surface area contributed by atoms with Crippen LogP contribution in [0.3, 0.4) is 0 Å². The second kappa shape index (κ2) is 10.9. The monoisotopic (exact) mass is 295 g/mol. The highest BCUT2D eigenvalue weighted by molar-refractivity contribution is 8.02. The minimum Gasteiger partial charge on any atom is -0.367 e. The molecule has 0 spiro atoms. The fourth-order valence-corrected chi connectivity index (χ4v) is 1.39. The normalized spacial score (nSPS) is 11.4. The van der Waals surface area contributed by atoms with E-state index >= 15 is 0 Å². The summed E-state index contributed by atoms with van der Waals surface area (Å²) in [5.74, 6) is 0. The summed E-state index contributed by atoms with van der Waals surface area (Å²) in [6, 6.07) is 0. The predicted molar refractivity (Wildman–Crippen MR) is 76.5 cm³/mol. The zero-order valence-electron chi connectivity index (χ0n) is 10.9. The summed E-state index contributed by atoms with van der Waals surface area (Å²) in [4.78, 5) is 21.2. The molecule has 0 rings (SSSR count). The van der Waals surface area contributed by atoms with Crippen molar-refractivity contribution in [2.75, 3.05) is 26.6 Å². The van der Waals surface area contributed by atoms with Gasteiger partial charge in [-0.05, 0) is 19.4 Å². The van der Waals surface area contributed by atoms with Gasteiger partial charge in [0.2, 0.25) is 6.20 Å². The number of thioether (sulfide) groups is 2. The smallest absolute Gasteiger partial charge is 0.264 e. The first-order valence-electron chi connectivity index (χ1n) is 4.67. The first kappa shape index (κ1) is 19.1. The molecule has 0 saturated carbocycles. The molecule has 18 heavy (non-hydrogen) atoms. The molecular weight excluding hydrogens is 278 g/mol. The van der Waals surface area contributed by atoms with Crippen molar-refractivity contribution in [2.24, 2.45) is 0 Å². The molecule has 0 fully saturated rings. The van der Waals surface area contributed by atoms with E-state index in [9.17, 15) is 20.2 Å². The summed E-state index contributed by atoms with van der Waals surface area (Å²) < 4.78 is 0. The summed E-state index contributed by atoms with van der Waals surface area (Å²) in [6.45, 7) is 1.70. The lowest BCUT2D eigenvalue weighted by atomic mass is 10.7. The van der Waals surface area contributed by atoms with Crippen LogP contribution >= 0.6 is 23.5 Å². The van der Waals surface area contributed by atoms with E-state index in [2.05, 4.69) is 0 Å². The van der Waals surface area contributed by atoms with Crippen molar-refractivity contribution in [3.05, 3.63) is 42.6 Å². The van der Waals surface area contributed by atoms with Gasteiger partial charge in [0.15, 0.2) is 0 Å². The highest BCUT2D eigenvalue weighted by atomic mass is 32.2. The van der Waals surface area contributed by atoms with Gasteiger partial charge in [0.1, 0.15) is 5.03 Å². The van der Waals surface area contributed by atoms with Crippen LogP contribution in [0.25, 0.3) is 0 Å². The molecule has 0 bridgehead atoms. The molecular formula is C9H17N3O4S2. The van der Waals surface area contributed by atoms with Crippen molar-refractivity contribution in [3.8, 4) is 0 Å². The predicted octanol–water partition coefficient (Wildman–Crippen LogP) is 2.47. The lowest BCUT2D eigenvalue weighted by Crippen LogP contribution is -2.09. The second-order valence-electron chi connectivity index (χ2n) is 3.08. The van der Waals surface area contributed by atoms with Crippen molar-refractivity contribution >= 4 is 23.5 Å². The Morgan fingerprint density at radius 2 is 1.50 bits per heavy atom. The van der Waals surface area contributed by atoms with E-state index in [0.717, 1.165) is 17.3 Å². The summed E-state index contributed by atoms with van der Waals surface area (Å²) in [6.07, 6.45) is 5.58. The molecule has 9 heteroatoms. The van der Waals surface area contributed by atoms with Gasteiger partial charge in [-0.2, -0.15) is 0 Å².